The Morgan fingerprint density at radius 3 is 2.20 bits per heavy atom. The van der Waals surface area contributed by atoms with Crippen molar-refractivity contribution in [2.45, 2.75) is 12.8 Å². The summed E-state index contributed by atoms with van der Waals surface area (Å²) in [5, 5.41) is 10.2. The summed E-state index contributed by atoms with van der Waals surface area (Å²) in [4.78, 5) is 20.4. The lowest BCUT2D eigenvalue weighted by Crippen LogP contribution is -2.36. The van der Waals surface area contributed by atoms with Gasteiger partial charge in [-0.1, -0.05) is 30.3 Å². The molecule has 1 amide bonds. The quantitative estimate of drug-likeness (QED) is 0.811. The monoisotopic (exact) mass is 382 g/mol. The highest BCUT2D eigenvalue weighted by molar-refractivity contribution is 7.93. The van der Waals surface area contributed by atoms with Gasteiger partial charge in [0.2, 0.25) is 0 Å². The maximum absolute atomic E-state index is 12.1. The molecule has 1 saturated heterocycles. The zero-order valence-electron chi connectivity index (χ0n) is 13.0. The fourth-order valence-corrected chi connectivity index (χ4v) is 3.30. The number of nitrogens with zero attached hydrogens (tertiary/aromatic N) is 1. The van der Waals surface area contributed by atoms with E-state index in [-0.39, 0.29) is 6.61 Å². The number of carboxylic acids is 1. The van der Waals surface area contributed by atoms with E-state index in [1.807, 2.05) is 30.3 Å². The Bertz CT molecular complexity index is 688. The molecule has 1 aliphatic rings. The lowest BCUT2D eigenvalue weighted by molar-refractivity contribution is -0.192. The molecule has 1 fully saturated rings. The van der Waals surface area contributed by atoms with Gasteiger partial charge in [0.1, 0.15) is 6.61 Å². The molecule has 0 radical (unpaired) electrons. The number of halogens is 3. The third-order valence-electron chi connectivity index (χ3n) is 2.88. The zero-order valence-corrected chi connectivity index (χ0v) is 13.8. The molecule has 1 aromatic rings. The van der Waals surface area contributed by atoms with Crippen molar-refractivity contribution in [3.05, 3.63) is 35.9 Å². The van der Waals surface area contributed by atoms with Crippen molar-refractivity contribution < 1.29 is 36.8 Å². The Labute approximate surface area is 142 Å². The molecule has 7 nitrogen and oxygen atoms in total. The molecule has 1 heterocycles. The Balaban J connectivity index is 0.000000381. The molecule has 0 unspecified atom stereocenters. The Morgan fingerprint density at radius 2 is 1.72 bits per heavy atom. The number of aliphatic carboxylic acids is 1. The molecule has 0 aliphatic carbocycles. The van der Waals surface area contributed by atoms with E-state index in [2.05, 4.69) is 9.68 Å². The van der Waals surface area contributed by atoms with Crippen molar-refractivity contribution >= 4 is 21.8 Å². The average Bonchev–Trinajstić information content (AvgIpc) is 2.54. The first-order valence-electron chi connectivity index (χ1n) is 7.06. The number of ether oxygens (including phenoxy) is 1. The number of hydrogen-bond acceptors (Lipinski definition) is 5. The first-order valence-corrected chi connectivity index (χ1v) is 8.92. The number of nitrogens with one attached hydrogen (secondary N) is 1. The number of alkyl halides is 3. The van der Waals surface area contributed by atoms with E-state index in [4.69, 9.17) is 14.6 Å². The summed E-state index contributed by atoms with van der Waals surface area (Å²) in [7, 11) is -2.41. The van der Waals surface area contributed by atoms with Gasteiger partial charge >= 0.3 is 18.2 Å². The summed E-state index contributed by atoms with van der Waals surface area (Å²) in [5.74, 6) is -1.94. The predicted octanol–water partition coefficient (Wildman–Crippen LogP) is 2.03. The summed E-state index contributed by atoms with van der Waals surface area (Å²) in [5.41, 5.74) is 0.890. The van der Waals surface area contributed by atoms with Gasteiger partial charge in [0.25, 0.3) is 0 Å². The number of hydrogen-bond donors (Lipinski definition) is 2. The minimum absolute atomic E-state index is 0.164. The van der Waals surface area contributed by atoms with Crippen LogP contribution in [-0.4, -0.2) is 52.1 Å². The largest absolute Gasteiger partial charge is 0.490 e. The number of amides is 1. The first-order chi connectivity index (χ1) is 11.6. The molecule has 0 saturated carbocycles. The molecule has 1 aromatic carbocycles. The smallest absolute Gasteiger partial charge is 0.475 e. The summed E-state index contributed by atoms with van der Waals surface area (Å²) < 4.78 is 52.6. The van der Waals surface area contributed by atoms with Gasteiger partial charge in [-0.2, -0.15) is 13.2 Å². The van der Waals surface area contributed by atoms with Crippen LogP contribution in [0.15, 0.2) is 34.7 Å². The molecular formula is C14H17F3N2O5S. The second-order valence-electron chi connectivity index (χ2n) is 4.87. The molecule has 25 heavy (non-hydrogen) atoms. The van der Waals surface area contributed by atoms with Crippen molar-refractivity contribution in [2.24, 2.45) is 4.36 Å². The molecule has 0 aromatic heterocycles. The van der Waals surface area contributed by atoms with Crippen molar-refractivity contribution in [1.82, 2.24) is 5.32 Å². The summed E-state index contributed by atoms with van der Waals surface area (Å²) in [6.45, 7) is 1.43. The summed E-state index contributed by atoms with van der Waals surface area (Å²) in [6.07, 6.45) is -5.81. The van der Waals surface area contributed by atoms with Gasteiger partial charge in [-0.25, -0.2) is 13.8 Å². The fraction of sp³-hybridized carbons (Fsp3) is 0.429. The third kappa shape index (κ3) is 8.49. The topological polar surface area (TPSA) is 105 Å². The van der Waals surface area contributed by atoms with Crippen LogP contribution in [0.4, 0.5) is 18.0 Å². The van der Waals surface area contributed by atoms with Gasteiger partial charge < -0.3 is 15.2 Å². The molecule has 0 bridgehead atoms. The molecule has 11 heteroatoms. The maximum atomic E-state index is 12.1. The zero-order chi connectivity index (χ0) is 18.9. The van der Waals surface area contributed by atoms with Crippen LogP contribution >= 0.6 is 0 Å². The first kappa shape index (κ1) is 20.9. The highest BCUT2D eigenvalue weighted by Gasteiger charge is 2.38. The normalized spacial score (nSPS) is 16.1. The van der Waals surface area contributed by atoms with Crippen LogP contribution in [0.1, 0.15) is 5.56 Å². The SMILES string of the molecule is O=C(N=S1(=O)CCNCC1)OCc1ccccc1.O=C(O)C(F)(F)F. The van der Waals surface area contributed by atoms with Gasteiger partial charge in [0.05, 0.1) is 9.73 Å². The van der Waals surface area contributed by atoms with Crippen LogP contribution in [-0.2, 0) is 25.9 Å². The van der Waals surface area contributed by atoms with Crippen LogP contribution in [0.3, 0.4) is 0 Å². The van der Waals surface area contributed by atoms with E-state index < -0.39 is 28.0 Å². The Morgan fingerprint density at radius 1 is 1.20 bits per heavy atom. The lowest BCUT2D eigenvalue weighted by atomic mass is 10.2. The van der Waals surface area contributed by atoms with Crippen molar-refractivity contribution in [3.8, 4) is 0 Å². The standard InChI is InChI=1S/C12H16N2O3S.C2HF3O2/c15-12(14-18(16)8-6-13-7-9-18)17-10-11-4-2-1-3-5-11;3-2(4,5)1(6)7/h1-5,13H,6-10H2;(H,6,7). The van der Waals surface area contributed by atoms with E-state index in [9.17, 15) is 22.2 Å². The van der Waals surface area contributed by atoms with Gasteiger partial charge in [-0.3, -0.25) is 0 Å². The van der Waals surface area contributed by atoms with Crippen LogP contribution < -0.4 is 5.32 Å². The second kappa shape index (κ2) is 9.37. The average molecular weight is 382 g/mol. The van der Waals surface area contributed by atoms with E-state index in [1.54, 1.807) is 0 Å². The number of carbonyl (C=O) groups excluding carboxylic acids is 1. The number of carbonyl (C=O) groups is 2. The van der Waals surface area contributed by atoms with Gasteiger partial charge in [-0.15, -0.1) is 4.36 Å². The van der Waals surface area contributed by atoms with Crippen LogP contribution in [0, 0.1) is 0 Å². The highest BCUT2D eigenvalue weighted by Crippen LogP contribution is 2.13. The molecule has 2 N–H and O–H groups in total. The number of rotatable bonds is 2. The van der Waals surface area contributed by atoms with E-state index in [0.29, 0.717) is 24.6 Å². The number of carboxylic acid groups (broad SMARTS) is 1. The molecule has 140 valence electrons. The van der Waals surface area contributed by atoms with Gasteiger partial charge in [0.15, 0.2) is 0 Å². The lowest BCUT2D eigenvalue weighted by Gasteiger charge is -2.15. The molecule has 0 spiro atoms. The van der Waals surface area contributed by atoms with Crippen LogP contribution in [0.2, 0.25) is 0 Å². The minimum Gasteiger partial charge on any atom is -0.475 e. The predicted molar refractivity (Wildman–Crippen MR) is 83.5 cm³/mol. The fourth-order valence-electron chi connectivity index (χ4n) is 1.66. The minimum atomic E-state index is -5.08. The number of benzene rings is 1. The van der Waals surface area contributed by atoms with Gasteiger partial charge in [0, 0.05) is 24.6 Å². The highest BCUT2D eigenvalue weighted by atomic mass is 32.2. The summed E-state index contributed by atoms with van der Waals surface area (Å²) >= 11 is 0. The summed E-state index contributed by atoms with van der Waals surface area (Å²) in [6, 6.07) is 9.34. The van der Waals surface area contributed by atoms with Crippen LogP contribution in [0.5, 0.6) is 0 Å². The van der Waals surface area contributed by atoms with Gasteiger partial charge in [-0.05, 0) is 5.56 Å². The van der Waals surface area contributed by atoms with Crippen molar-refractivity contribution in [3.63, 3.8) is 0 Å². The van der Waals surface area contributed by atoms with Crippen molar-refractivity contribution in [2.75, 3.05) is 24.6 Å². The Kier molecular flexibility index (Phi) is 7.84. The van der Waals surface area contributed by atoms with E-state index in [0.717, 1.165) is 5.56 Å². The molecular weight excluding hydrogens is 365 g/mol. The third-order valence-corrected chi connectivity index (χ3v) is 5.05. The maximum Gasteiger partial charge on any atom is 0.490 e. The second-order valence-corrected chi connectivity index (χ2v) is 7.41. The van der Waals surface area contributed by atoms with Crippen molar-refractivity contribution in [1.29, 1.82) is 0 Å². The molecule has 0 atom stereocenters. The molecule has 2 rings (SSSR count). The molecule has 1 aliphatic heterocycles. The van der Waals surface area contributed by atoms with E-state index >= 15 is 0 Å². The Hall–Kier alpha value is -2.14. The van der Waals surface area contributed by atoms with E-state index in [1.165, 1.54) is 0 Å². The van der Waals surface area contributed by atoms with Crippen LogP contribution in [0.25, 0.3) is 0 Å².